The van der Waals surface area contributed by atoms with E-state index in [2.05, 4.69) is 0 Å². The number of hydrogen-bond acceptors (Lipinski definition) is 1. The minimum atomic E-state index is -0.867. The molecule has 0 aliphatic heterocycles. The molecule has 0 radical (unpaired) electrons. The molecule has 0 saturated heterocycles. The lowest BCUT2D eigenvalue weighted by molar-refractivity contribution is 1.28. The van der Waals surface area contributed by atoms with Gasteiger partial charge >= 0.3 is 0 Å². The Hall–Kier alpha value is -6.70. The third kappa shape index (κ3) is 6.18. The molecule has 0 aliphatic rings. The molecule has 1 heteroatoms. The van der Waals surface area contributed by atoms with Gasteiger partial charge in [-0.3, -0.25) is 0 Å². The van der Waals surface area contributed by atoms with Crippen LogP contribution in [0.4, 0.5) is 17.1 Å². The summed E-state index contributed by atoms with van der Waals surface area (Å²) in [7, 11) is 0. The van der Waals surface area contributed by atoms with Crippen LogP contribution in [0.25, 0.3) is 66.1 Å². The molecule has 0 atom stereocenters. The molecule has 9 rings (SSSR count). The summed E-state index contributed by atoms with van der Waals surface area (Å²) >= 11 is 0. The topological polar surface area (TPSA) is 3.24 Å². The Kier molecular flexibility index (Phi) is 4.51. The standard InChI is InChI=1S/C50H35N/c1-2-10-36(11-3-1)39-20-22-40(23-21-39)41-28-30-48(31-29-41)51(49-18-8-16-44(34-49)46-26-24-37-12-4-6-14-42(37)32-46)50-19-9-17-45(35-50)47-27-25-38-13-5-7-15-43(38)33-47/h1-35H/i1D,2D,3D,8D,10D,11D,16D,18D,20D,21D,22D,23D,28D,29D,30D,31D,34D. The van der Waals surface area contributed by atoms with Crippen molar-refractivity contribution in [1.29, 1.82) is 0 Å². The highest BCUT2D eigenvalue weighted by atomic mass is 15.1. The first kappa shape index (κ1) is 17.3. The van der Waals surface area contributed by atoms with Gasteiger partial charge in [-0.05, 0) is 114 Å². The summed E-state index contributed by atoms with van der Waals surface area (Å²) < 4.78 is 153. The van der Waals surface area contributed by atoms with E-state index in [1.165, 1.54) is 4.90 Å². The summed E-state index contributed by atoms with van der Waals surface area (Å²) in [5, 5.41) is 3.57. The van der Waals surface area contributed by atoms with Crippen LogP contribution in [0.2, 0.25) is 0 Å². The number of nitrogens with zero attached hydrogens (tertiary/aromatic N) is 1. The molecule has 0 bridgehead atoms. The maximum atomic E-state index is 9.76. The van der Waals surface area contributed by atoms with Crippen molar-refractivity contribution in [3.05, 3.63) is 212 Å². The van der Waals surface area contributed by atoms with Gasteiger partial charge in [0.1, 0.15) is 0 Å². The predicted molar refractivity (Wildman–Crippen MR) is 218 cm³/mol. The minimum Gasteiger partial charge on any atom is -0.310 e. The molecule has 0 spiro atoms. The Labute approximate surface area is 323 Å². The second-order valence-electron chi connectivity index (χ2n) is 11.7. The van der Waals surface area contributed by atoms with Crippen LogP contribution >= 0.6 is 0 Å². The first-order valence-corrected chi connectivity index (χ1v) is 16.1. The molecule has 0 amide bonds. The molecule has 240 valence electrons. The molecule has 0 aliphatic carbocycles. The molecule has 9 aromatic rings. The lowest BCUT2D eigenvalue weighted by atomic mass is 9.99. The van der Waals surface area contributed by atoms with Gasteiger partial charge in [0.25, 0.3) is 0 Å². The Balaban J connectivity index is 1.32. The van der Waals surface area contributed by atoms with Gasteiger partial charge in [-0.1, -0.05) is 163 Å². The Bertz CT molecular complexity index is 3540. The lowest BCUT2D eigenvalue weighted by Crippen LogP contribution is -2.10. The average Bonchev–Trinajstić information content (AvgIpc) is 3.34. The van der Waals surface area contributed by atoms with Crippen LogP contribution in [-0.4, -0.2) is 0 Å². The fraction of sp³-hybridized carbons (Fsp3) is 0. The van der Waals surface area contributed by atoms with Gasteiger partial charge in [-0.2, -0.15) is 0 Å². The molecule has 51 heavy (non-hydrogen) atoms. The van der Waals surface area contributed by atoms with Crippen molar-refractivity contribution in [1.82, 2.24) is 0 Å². The molecular formula is C50H35N. The number of fused-ring (bicyclic) bond motifs is 2. The summed E-state index contributed by atoms with van der Waals surface area (Å²) in [6.07, 6.45) is 0. The second kappa shape index (κ2) is 13.3. The van der Waals surface area contributed by atoms with Gasteiger partial charge in [0.15, 0.2) is 0 Å². The maximum Gasteiger partial charge on any atom is 0.0651 e. The number of anilines is 3. The average molecular weight is 667 g/mol. The van der Waals surface area contributed by atoms with E-state index in [1.54, 1.807) is 36.4 Å². The third-order valence-corrected chi connectivity index (χ3v) is 8.52. The van der Waals surface area contributed by atoms with E-state index < -0.39 is 131 Å². The van der Waals surface area contributed by atoms with Crippen LogP contribution in [0.3, 0.4) is 0 Å². The van der Waals surface area contributed by atoms with Gasteiger partial charge in [0, 0.05) is 17.1 Å². The van der Waals surface area contributed by atoms with Crippen molar-refractivity contribution < 1.29 is 23.3 Å². The van der Waals surface area contributed by atoms with Crippen LogP contribution < -0.4 is 4.90 Å². The highest BCUT2D eigenvalue weighted by Gasteiger charge is 2.15. The fourth-order valence-electron chi connectivity index (χ4n) is 5.98. The van der Waals surface area contributed by atoms with Crippen LogP contribution in [-0.2, 0) is 0 Å². The lowest BCUT2D eigenvalue weighted by Gasteiger charge is -2.27. The Morgan fingerprint density at radius 1 is 0.294 bits per heavy atom. The zero-order valence-electron chi connectivity index (χ0n) is 43.8. The zero-order valence-corrected chi connectivity index (χ0v) is 26.8. The van der Waals surface area contributed by atoms with Crippen molar-refractivity contribution in [2.75, 3.05) is 4.90 Å². The van der Waals surface area contributed by atoms with E-state index >= 15 is 0 Å². The van der Waals surface area contributed by atoms with Crippen LogP contribution in [0.15, 0.2) is 212 Å². The van der Waals surface area contributed by atoms with E-state index in [9.17, 15) is 8.22 Å². The fourth-order valence-corrected chi connectivity index (χ4v) is 5.98. The quantitative estimate of drug-likeness (QED) is 0.164. The number of benzene rings is 9. The Morgan fingerprint density at radius 3 is 1.43 bits per heavy atom. The van der Waals surface area contributed by atoms with Gasteiger partial charge in [0.2, 0.25) is 0 Å². The van der Waals surface area contributed by atoms with E-state index in [0.717, 1.165) is 27.1 Å². The molecular weight excluding hydrogens is 615 g/mol. The van der Waals surface area contributed by atoms with Crippen LogP contribution in [0, 0.1) is 0 Å². The van der Waals surface area contributed by atoms with Crippen molar-refractivity contribution in [2.45, 2.75) is 0 Å². The monoisotopic (exact) mass is 666 g/mol. The summed E-state index contributed by atoms with van der Waals surface area (Å²) in [5.41, 5.74) is -1.46. The Morgan fingerprint density at radius 2 is 0.804 bits per heavy atom. The molecule has 0 N–H and O–H groups in total. The van der Waals surface area contributed by atoms with Crippen molar-refractivity contribution in [2.24, 2.45) is 0 Å². The summed E-state index contributed by atoms with van der Waals surface area (Å²) in [6, 6.07) is 20.4. The van der Waals surface area contributed by atoms with Crippen LogP contribution in [0.1, 0.15) is 23.3 Å². The molecule has 0 aromatic heterocycles. The van der Waals surface area contributed by atoms with E-state index in [0.29, 0.717) is 11.1 Å². The highest BCUT2D eigenvalue weighted by molar-refractivity contribution is 5.90. The number of hydrogen-bond donors (Lipinski definition) is 0. The van der Waals surface area contributed by atoms with E-state index in [1.807, 2.05) is 72.8 Å². The minimum absolute atomic E-state index is 0.0304. The molecule has 0 saturated carbocycles. The van der Waals surface area contributed by atoms with Gasteiger partial charge in [-0.25, -0.2) is 0 Å². The smallest absolute Gasteiger partial charge is 0.0651 e. The number of rotatable bonds is 7. The molecule has 0 fully saturated rings. The zero-order chi connectivity index (χ0) is 48.8. The van der Waals surface area contributed by atoms with E-state index in [-0.39, 0.29) is 16.9 Å². The van der Waals surface area contributed by atoms with Gasteiger partial charge < -0.3 is 4.90 Å². The summed E-state index contributed by atoms with van der Waals surface area (Å²) in [4.78, 5) is 1.18. The molecule has 0 heterocycles. The van der Waals surface area contributed by atoms with Gasteiger partial charge in [-0.15, -0.1) is 0 Å². The molecule has 9 aromatic carbocycles. The summed E-state index contributed by atoms with van der Waals surface area (Å²) in [6.45, 7) is 0. The first-order valence-electron chi connectivity index (χ1n) is 24.6. The SMILES string of the molecule is [2H]c1c([2H])c([2H])c(-c2c([2H])c([2H])c(-c3c([2H])c([2H])c(N(c4cccc(-c5ccc6ccccc6c5)c4)c4c([2H])c([2H])c([2H])c(-c5ccc6ccccc6c5)c4[2H])c([2H])c3[2H])c([2H])c2[2H])c([2H])c1[2H]. The third-order valence-electron chi connectivity index (χ3n) is 8.52. The van der Waals surface area contributed by atoms with E-state index in [4.69, 9.17) is 15.1 Å². The summed E-state index contributed by atoms with van der Waals surface area (Å²) in [5.74, 6) is 0. The highest BCUT2D eigenvalue weighted by Crippen LogP contribution is 2.39. The van der Waals surface area contributed by atoms with Crippen molar-refractivity contribution in [3.8, 4) is 44.5 Å². The second-order valence-corrected chi connectivity index (χ2v) is 11.7. The first-order chi connectivity index (χ1) is 32.3. The predicted octanol–water partition coefficient (Wildman–Crippen LogP) is 14.1. The largest absolute Gasteiger partial charge is 0.310 e. The molecule has 0 unspecified atom stereocenters. The normalized spacial score (nSPS) is 15.8. The van der Waals surface area contributed by atoms with Crippen molar-refractivity contribution in [3.63, 3.8) is 0 Å². The van der Waals surface area contributed by atoms with Crippen LogP contribution in [0.5, 0.6) is 0 Å². The van der Waals surface area contributed by atoms with Gasteiger partial charge in [0.05, 0.1) is 23.3 Å². The van der Waals surface area contributed by atoms with Crippen molar-refractivity contribution >= 4 is 38.6 Å². The maximum absolute atomic E-state index is 9.76. The molecule has 1 nitrogen and oxygen atoms in total.